The van der Waals surface area contributed by atoms with E-state index in [9.17, 15) is 15.0 Å². The van der Waals surface area contributed by atoms with Crippen molar-refractivity contribution in [3.05, 3.63) is 54.7 Å². The highest BCUT2D eigenvalue weighted by Gasteiger charge is 2.45. The summed E-state index contributed by atoms with van der Waals surface area (Å²) >= 11 is 1.64. The van der Waals surface area contributed by atoms with E-state index in [1.54, 1.807) is 22.4 Å². The number of rotatable bonds is 11. The third-order valence-corrected chi connectivity index (χ3v) is 8.58. The topological polar surface area (TPSA) is 135 Å². The third-order valence-electron chi connectivity index (χ3n) is 7.46. The number of hydrogen-bond donors (Lipinski definition) is 5. The van der Waals surface area contributed by atoms with Gasteiger partial charge in [-0.3, -0.25) is 15.0 Å². The van der Waals surface area contributed by atoms with E-state index in [2.05, 4.69) is 38.0 Å². The molecule has 1 aliphatic rings. The zero-order valence-electron chi connectivity index (χ0n) is 25.1. The monoisotopic (exact) mass is 605 g/mol. The van der Waals surface area contributed by atoms with Crippen molar-refractivity contribution in [3.63, 3.8) is 0 Å². The smallest absolute Gasteiger partial charge is 0.223 e. The Morgan fingerprint density at radius 2 is 2.00 bits per heavy atom. The fourth-order valence-corrected chi connectivity index (χ4v) is 6.06. The minimum absolute atomic E-state index is 0.143. The number of carbonyl (C=O) groups excluding carboxylic acids is 1. The van der Waals surface area contributed by atoms with Crippen LogP contribution in [0.1, 0.15) is 20.8 Å². The Morgan fingerprint density at radius 3 is 2.72 bits per heavy atom. The maximum atomic E-state index is 11.7. The molecule has 5 N–H and O–H groups in total. The van der Waals surface area contributed by atoms with E-state index in [0.717, 1.165) is 44.1 Å². The zero-order valence-corrected chi connectivity index (χ0v) is 25.9. The van der Waals surface area contributed by atoms with Crippen LogP contribution in [0.25, 0.3) is 31.8 Å². The molecule has 2 aromatic heterocycles. The number of thiophene rings is 1. The molecule has 1 aliphatic heterocycles. The molecule has 1 saturated heterocycles. The number of aliphatic hydroxyl groups excluding tert-OH is 2. The van der Waals surface area contributed by atoms with Crippen molar-refractivity contribution in [2.45, 2.75) is 38.9 Å². The summed E-state index contributed by atoms with van der Waals surface area (Å²) in [6.07, 6.45) is -0.000832. The zero-order chi connectivity index (χ0) is 30.7. The number of ether oxygens (including phenoxy) is 1. The van der Waals surface area contributed by atoms with Gasteiger partial charge in [0, 0.05) is 48.7 Å². The van der Waals surface area contributed by atoms with Gasteiger partial charge in [-0.25, -0.2) is 9.97 Å². The molecule has 12 heteroatoms. The molecule has 2 aromatic carbocycles. The molecular weight excluding hydrogens is 566 g/mol. The fraction of sp³-hybridized carbons (Fsp3) is 0.387. The van der Waals surface area contributed by atoms with Crippen LogP contribution in [0.15, 0.2) is 54.7 Å². The lowest BCUT2D eigenvalue weighted by Crippen LogP contribution is -2.49. The molecule has 3 heterocycles. The van der Waals surface area contributed by atoms with Crippen LogP contribution in [0.2, 0.25) is 0 Å². The molecule has 11 nitrogen and oxygen atoms in total. The Labute approximate surface area is 255 Å². The number of aliphatic hydroxyl groups is 2. The lowest BCUT2D eigenvalue weighted by molar-refractivity contribution is -0.114. The third kappa shape index (κ3) is 7.12. The average Bonchev–Trinajstić information content (AvgIpc) is 3.45. The van der Waals surface area contributed by atoms with Crippen molar-refractivity contribution in [3.8, 4) is 27.4 Å². The van der Waals surface area contributed by atoms with Crippen molar-refractivity contribution in [2.24, 2.45) is 0 Å². The minimum Gasteiger partial charge on any atom is -0.492 e. The number of amides is 1. The molecule has 0 radical (unpaired) electrons. The minimum atomic E-state index is -0.947. The second-order valence-corrected chi connectivity index (χ2v) is 12.5. The number of benzene rings is 2. The van der Waals surface area contributed by atoms with Gasteiger partial charge in [0.05, 0.1) is 16.1 Å². The number of likely N-dealkylation sites (N-methyl/N-ethyl adjacent to an activating group) is 1. The van der Waals surface area contributed by atoms with Gasteiger partial charge in [-0.15, -0.1) is 11.3 Å². The molecule has 0 spiro atoms. The van der Waals surface area contributed by atoms with Crippen molar-refractivity contribution < 1.29 is 19.7 Å². The molecule has 0 aliphatic carbocycles. The highest BCUT2D eigenvalue weighted by molar-refractivity contribution is 7.22. The maximum absolute atomic E-state index is 11.7. The Kier molecular flexibility index (Phi) is 9.25. The highest BCUT2D eigenvalue weighted by Crippen LogP contribution is 2.39. The number of hydrogen-bond acceptors (Lipinski definition) is 11. The number of carbonyl (C=O) groups is 1. The SMILES string of the molecule is CC(=O)Nc1cccc(-c2cnc(NCCN3C(O)NC(O)C3(C)C)nc2-c2cc3cc(OCCN(C)C)ccc3s2)c1. The summed E-state index contributed by atoms with van der Waals surface area (Å²) in [5.41, 5.74) is 2.52. The number of anilines is 2. The van der Waals surface area contributed by atoms with E-state index in [4.69, 9.17) is 9.72 Å². The van der Waals surface area contributed by atoms with Crippen LogP contribution >= 0.6 is 11.3 Å². The van der Waals surface area contributed by atoms with Gasteiger partial charge in [0.1, 0.15) is 18.6 Å². The molecule has 2 atom stereocenters. The van der Waals surface area contributed by atoms with Gasteiger partial charge in [0.2, 0.25) is 11.9 Å². The second kappa shape index (κ2) is 12.9. The molecule has 228 valence electrons. The van der Waals surface area contributed by atoms with Gasteiger partial charge in [0.25, 0.3) is 0 Å². The van der Waals surface area contributed by atoms with Crippen LogP contribution in [-0.2, 0) is 4.79 Å². The summed E-state index contributed by atoms with van der Waals surface area (Å²) in [6.45, 7) is 7.57. The summed E-state index contributed by atoms with van der Waals surface area (Å²) in [5.74, 6) is 1.12. The molecule has 1 fully saturated rings. The van der Waals surface area contributed by atoms with E-state index in [0.29, 0.717) is 31.3 Å². The molecule has 2 unspecified atom stereocenters. The molecule has 0 saturated carbocycles. The normalized spacial score (nSPS) is 18.3. The van der Waals surface area contributed by atoms with Crippen molar-refractivity contribution in [1.29, 1.82) is 0 Å². The van der Waals surface area contributed by atoms with Crippen LogP contribution in [0.5, 0.6) is 5.75 Å². The van der Waals surface area contributed by atoms with Crippen LogP contribution in [0, 0.1) is 0 Å². The Morgan fingerprint density at radius 1 is 1.19 bits per heavy atom. The summed E-state index contributed by atoms with van der Waals surface area (Å²) in [4.78, 5) is 26.1. The van der Waals surface area contributed by atoms with Crippen LogP contribution in [0.3, 0.4) is 0 Å². The standard InChI is InChI=1S/C31H39N7O4S/c1-19(39)34-22-8-6-7-20(15-22)24-18-33-29(32-11-12-38-30(41)36-28(40)31(38,2)3)35-27(24)26-17-21-16-23(9-10-25(21)43-26)42-14-13-37(4)5/h6-10,15-18,28,30,36,40-41H,11-14H2,1-5H3,(H,34,39)(H,32,33,35). The van der Waals surface area contributed by atoms with Crippen LogP contribution < -0.4 is 20.7 Å². The Hall–Kier alpha value is -3.65. The molecule has 4 aromatic rings. The molecule has 1 amide bonds. The van der Waals surface area contributed by atoms with Gasteiger partial charge < -0.3 is 30.5 Å². The molecular formula is C31H39N7O4S. The predicted molar refractivity (Wildman–Crippen MR) is 171 cm³/mol. The number of nitrogens with one attached hydrogen (secondary N) is 3. The Balaban J connectivity index is 1.45. The first-order valence-electron chi connectivity index (χ1n) is 14.2. The summed E-state index contributed by atoms with van der Waals surface area (Å²) in [5, 5.41) is 30.5. The maximum Gasteiger partial charge on any atom is 0.223 e. The first-order chi connectivity index (χ1) is 20.5. The van der Waals surface area contributed by atoms with Crippen LogP contribution in [0.4, 0.5) is 11.6 Å². The first kappa shape index (κ1) is 30.8. The molecule has 0 bridgehead atoms. The van der Waals surface area contributed by atoms with Gasteiger partial charge >= 0.3 is 0 Å². The van der Waals surface area contributed by atoms with E-state index < -0.39 is 18.1 Å². The van der Waals surface area contributed by atoms with E-state index in [1.807, 2.05) is 64.3 Å². The van der Waals surface area contributed by atoms with Gasteiger partial charge in [-0.2, -0.15) is 0 Å². The van der Waals surface area contributed by atoms with Crippen molar-refractivity contribution in [2.75, 3.05) is 51.0 Å². The average molecular weight is 606 g/mol. The Bertz CT molecular complexity index is 1590. The van der Waals surface area contributed by atoms with E-state index in [1.165, 1.54) is 6.92 Å². The lowest BCUT2D eigenvalue weighted by atomic mass is 10.0. The largest absolute Gasteiger partial charge is 0.492 e. The van der Waals surface area contributed by atoms with Crippen molar-refractivity contribution in [1.82, 2.24) is 25.1 Å². The van der Waals surface area contributed by atoms with E-state index >= 15 is 0 Å². The number of nitrogens with zero attached hydrogens (tertiary/aromatic N) is 4. The summed E-state index contributed by atoms with van der Waals surface area (Å²) in [7, 11) is 4.04. The number of fused-ring (bicyclic) bond motifs is 1. The summed E-state index contributed by atoms with van der Waals surface area (Å²) < 4.78 is 7.07. The van der Waals surface area contributed by atoms with E-state index in [-0.39, 0.29) is 5.91 Å². The van der Waals surface area contributed by atoms with Gasteiger partial charge in [-0.1, -0.05) is 12.1 Å². The van der Waals surface area contributed by atoms with Gasteiger partial charge in [0.15, 0.2) is 6.35 Å². The highest BCUT2D eigenvalue weighted by atomic mass is 32.1. The lowest BCUT2D eigenvalue weighted by Gasteiger charge is -2.33. The number of aromatic nitrogens is 2. The predicted octanol–water partition coefficient (Wildman–Crippen LogP) is 3.61. The van der Waals surface area contributed by atoms with Crippen molar-refractivity contribution >= 4 is 39.0 Å². The van der Waals surface area contributed by atoms with Gasteiger partial charge in [-0.05, 0) is 75.3 Å². The first-order valence-corrected chi connectivity index (χ1v) is 15.0. The quantitative estimate of drug-likeness (QED) is 0.173. The molecule has 43 heavy (non-hydrogen) atoms. The summed E-state index contributed by atoms with van der Waals surface area (Å²) in [6, 6.07) is 15.8. The fourth-order valence-electron chi connectivity index (χ4n) is 5.01. The van der Waals surface area contributed by atoms with Crippen LogP contribution in [-0.4, -0.2) is 94.3 Å². The molecule has 5 rings (SSSR count). The second-order valence-electron chi connectivity index (χ2n) is 11.4.